The number of para-hydroxylation sites is 4. The number of carbonyl (C=O) groups excluding carboxylic acids is 2. The van der Waals surface area contributed by atoms with Crippen molar-refractivity contribution in [1.82, 2.24) is 14.9 Å². The van der Waals surface area contributed by atoms with Gasteiger partial charge in [-0.05, 0) is 35.4 Å². The van der Waals surface area contributed by atoms with Gasteiger partial charge in [-0.15, -0.1) is 0 Å². The summed E-state index contributed by atoms with van der Waals surface area (Å²) in [5.41, 5.74) is 4.99. The van der Waals surface area contributed by atoms with Crippen molar-refractivity contribution in [3.05, 3.63) is 90.3 Å². The fourth-order valence-corrected chi connectivity index (χ4v) is 4.00. The Morgan fingerprint density at radius 2 is 1.73 bits per heavy atom. The molecule has 0 saturated carbocycles. The number of aromatic nitrogens is 2. The molecule has 2 heterocycles. The van der Waals surface area contributed by atoms with E-state index < -0.39 is 0 Å². The first-order chi connectivity index (χ1) is 16.2. The smallest absolute Gasteiger partial charge is 0.265 e. The molecule has 2 amide bonds. The summed E-state index contributed by atoms with van der Waals surface area (Å²) in [5.74, 6) is 0.435. The number of anilines is 1. The van der Waals surface area contributed by atoms with Crippen LogP contribution >= 0.6 is 0 Å². The molecule has 7 nitrogen and oxygen atoms in total. The highest BCUT2D eigenvalue weighted by Gasteiger charge is 2.25. The predicted molar refractivity (Wildman–Crippen MR) is 126 cm³/mol. The number of fused-ring (bicyclic) bond motifs is 2. The maximum Gasteiger partial charge on any atom is 0.265 e. The number of nitrogens with zero attached hydrogens (tertiary/aromatic N) is 3. The minimum atomic E-state index is -0.136. The van der Waals surface area contributed by atoms with Crippen molar-refractivity contribution in [2.24, 2.45) is 0 Å². The zero-order chi connectivity index (χ0) is 22.6. The van der Waals surface area contributed by atoms with Gasteiger partial charge in [0.05, 0.1) is 23.0 Å². The highest BCUT2D eigenvalue weighted by atomic mass is 16.5. The summed E-state index contributed by atoms with van der Waals surface area (Å²) in [5, 5.41) is 2.94. The molecule has 33 heavy (non-hydrogen) atoms. The summed E-state index contributed by atoms with van der Waals surface area (Å²) in [6, 6.07) is 23.6. The molecule has 166 valence electrons. The lowest BCUT2D eigenvalue weighted by Gasteiger charge is -2.29. The number of ether oxygens (including phenoxy) is 1. The van der Waals surface area contributed by atoms with Crippen molar-refractivity contribution in [2.75, 3.05) is 18.1 Å². The molecule has 0 aliphatic carbocycles. The minimum Gasteiger partial charge on any atom is -0.482 e. The first-order valence-corrected chi connectivity index (χ1v) is 10.9. The zero-order valence-corrected chi connectivity index (χ0v) is 18.1. The monoisotopic (exact) mass is 440 g/mol. The van der Waals surface area contributed by atoms with Crippen LogP contribution in [-0.4, -0.2) is 34.5 Å². The predicted octanol–water partition coefficient (Wildman–Crippen LogP) is 3.52. The second kappa shape index (κ2) is 9.16. The van der Waals surface area contributed by atoms with Gasteiger partial charge >= 0.3 is 0 Å². The van der Waals surface area contributed by atoms with Crippen LogP contribution in [0, 0.1) is 0 Å². The standard InChI is InChI=1S/C26H24N4O3/c31-25(13-14-30-23-7-3-4-8-24(23)33-17-26(30)32)27-15-19-9-11-20(12-10-19)16-29-18-28-21-5-1-2-6-22(21)29/h1-12,18H,13-17H2,(H,27,31). The molecule has 1 aliphatic rings. The van der Waals surface area contributed by atoms with E-state index in [-0.39, 0.29) is 24.8 Å². The number of hydrogen-bond acceptors (Lipinski definition) is 4. The maximum absolute atomic E-state index is 12.4. The maximum atomic E-state index is 12.4. The molecule has 0 unspecified atom stereocenters. The average Bonchev–Trinajstić information content (AvgIpc) is 3.26. The molecule has 0 bridgehead atoms. The van der Waals surface area contributed by atoms with Crippen molar-refractivity contribution in [1.29, 1.82) is 0 Å². The third-order valence-corrected chi connectivity index (χ3v) is 5.76. The van der Waals surface area contributed by atoms with Gasteiger partial charge in [-0.2, -0.15) is 0 Å². The van der Waals surface area contributed by atoms with E-state index in [1.54, 1.807) is 4.90 Å². The van der Waals surface area contributed by atoms with Crippen LogP contribution in [0.2, 0.25) is 0 Å². The number of carbonyl (C=O) groups is 2. The normalized spacial score (nSPS) is 13.0. The van der Waals surface area contributed by atoms with E-state index in [9.17, 15) is 9.59 Å². The number of amides is 2. The number of nitrogens with one attached hydrogen (secondary N) is 1. The molecule has 0 fully saturated rings. The lowest BCUT2D eigenvalue weighted by Crippen LogP contribution is -2.41. The largest absolute Gasteiger partial charge is 0.482 e. The molecule has 1 N–H and O–H groups in total. The van der Waals surface area contributed by atoms with Crippen LogP contribution in [0.15, 0.2) is 79.1 Å². The van der Waals surface area contributed by atoms with Gasteiger partial charge in [0.15, 0.2) is 6.61 Å². The Balaban J connectivity index is 1.13. The van der Waals surface area contributed by atoms with Crippen molar-refractivity contribution in [2.45, 2.75) is 19.5 Å². The summed E-state index contributed by atoms with van der Waals surface area (Å²) < 4.78 is 7.57. The van der Waals surface area contributed by atoms with Gasteiger partial charge in [-0.3, -0.25) is 9.59 Å². The molecule has 0 saturated heterocycles. The first kappa shape index (κ1) is 20.8. The van der Waals surface area contributed by atoms with E-state index in [1.165, 1.54) is 0 Å². The third-order valence-electron chi connectivity index (χ3n) is 5.76. The van der Waals surface area contributed by atoms with Gasteiger partial charge in [0, 0.05) is 26.1 Å². The minimum absolute atomic E-state index is 0.000151. The Hall–Kier alpha value is -4.13. The second-order valence-electron chi connectivity index (χ2n) is 8.01. The summed E-state index contributed by atoms with van der Waals surface area (Å²) >= 11 is 0. The third kappa shape index (κ3) is 4.57. The molecule has 4 aromatic rings. The van der Waals surface area contributed by atoms with Gasteiger partial charge in [0.2, 0.25) is 5.91 Å². The van der Waals surface area contributed by atoms with Crippen LogP contribution in [0.4, 0.5) is 5.69 Å². The van der Waals surface area contributed by atoms with E-state index >= 15 is 0 Å². The lowest BCUT2D eigenvalue weighted by atomic mass is 10.1. The van der Waals surface area contributed by atoms with Crippen LogP contribution < -0.4 is 15.0 Å². The van der Waals surface area contributed by atoms with Crippen LogP contribution in [0.3, 0.4) is 0 Å². The summed E-state index contributed by atoms with van der Waals surface area (Å²) in [7, 11) is 0. The fraction of sp³-hybridized carbons (Fsp3) is 0.192. The molecule has 1 aromatic heterocycles. The number of hydrogen-bond donors (Lipinski definition) is 1. The van der Waals surface area contributed by atoms with Gasteiger partial charge in [-0.1, -0.05) is 48.5 Å². The Bertz CT molecular complexity index is 1300. The quantitative estimate of drug-likeness (QED) is 0.477. The number of benzene rings is 3. The summed E-state index contributed by atoms with van der Waals surface area (Å²) in [6.07, 6.45) is 2.09. The number of imidazole rings is 1. The molecular formula is C26H24N4O3. The van der Waals surface area contributed by atoms with E-state index in [4.69, 9.17) is 4.74 Å². The summed E-state index contributed by atoms with van der Waals surface area (Å²) in [4.78, 5) is 30.7. The van der Waals surface area contributed by atoms with Crippen molar-refractivity contribution in [3.63, 3.8) is 0 Å². The molecule has 0 radical (unpaired) electrons. The van der Waals surface area contributed by atoms with Crippen molar-refractivity contribution >= 4 is 28.5 Å². The highest BCUT2D eigenvalue weighted by molar-refractivity contribution is 5.98. The van der Waals surface area contributed by atoms with Crippen LogP contribution in [0.1, 0.15) is 17.5 Å². The Morgan fingerprint density at radius 1 is 0.970 bits per heavy atom. The Kier molecular flexibility index (Phi) is 5.76. The van der Waals surface area contributed by atoms with Gasteiger partial charge in [0.25, 0.3) is 5.91 Å². The molecule has 3 aromatic carbocycles. The zero-order valence-electron chi connectivity index (χ0n) is 18.1. The van der Waals surface area contributed by atoms with Crippen LogP contribution in [0.25, 0.3) is 11.0 Å². The lowest BCUT2D eigenvalue weighted by molar-refractivity contribution is -0.122. The molecule has 5 rings (SSSR count). The topological polar surface area (TPSA) is 76.5 Å². The molecular weight excluding hydrogens is 416 g/mol. The van der Waals surface area contributed by atoms with Gasteiger partial charge in [-0.25, -0.2) is 4.98 Å². The Morgan fingerprint density at radius 3 is 2.61 bits per heavy atom. The van der Waals surface area contributed by atoms with Crippen molar-refractivity contribution in [3.8, 4) is 5.75 Å². The van der Waals surface area contributed by atoms with E-state index in [0.717, 1.165) is 28.7 Å². The molecule has 0 spiro atoms. The van der Waals surface area contributed by atoms with Gasteiger partial charge < -0.3 is 19.5 Å². The average molecular weight is 441 g/mol. The fourth-order valence-electron chi connectivity index (χ4n) is 4.00. The summed E-state index contributed by atoms with van der Waals surface area (Å²) in [6.45, 7) is 1.51. The second-order valence-corrected chi connectivity index (χ2v) is 8.01. The Labute approximate surface area is 191 Å². The molecule has 1 aliphatic heterocycles. The van der Waals surface area contributed by atoms with E-state index in [2.05, 4.69) is 33.1 Å². The molecule has 7 heteroatoms. The van der Waals surface area contributed by atoms with Crippen LogP contribution in [-0.2, 0) is 22.7 Å². The van der Waals surface area contributed by atoms with Crippen LogP contribution in [0.5, 0.6) is 5.75 Å². The van der Waals surface area contributed by atoms with Gasteiger partial charge in [0.1, 0.15) is 5.75 Å². The first-order valence-electron chi connectivity index (χ1n) is 10.9. The SMILES string of the molecule is O=C(CCN1C(=O)COc2ccccc21)NCc1ccc(Cn2cnc3ccccc32)cc1. The molecule has 0 atom stereocenters. The number of rotatable bonds is 7. The van der Waals surface area contributed by atoms with Crippen molar-refractivity contribution < 1.29 is 14.3 Å². The van der Waals surface area contributed by atoms with E-state index in [1.807, 2.05) is 60.9 Å². The van der Waals surface area contributed by atoms with E-state index in [0.29, 0.717) is 24.5 Å². The highest BCUT2D eigenvalue weighted by Crippen LogP contribution is 2.31.